The van der Waals surface area contributed by atoms with Crippen molar-refractivity contribution in [3.05, 3.63) is 0 Å². The summed E-state index contributed by atoms with van der Waals surface area (Å²) in [5, 5.41) is 14.6. The quantitative estimate of drug-likeness (QED) is 0.403. The van der Waals surface area contributed by atoms with E-state index in [0.29, 0.717) is 23.4 Å². The average molecular weight is 473 g/mol. The highest BCUT2D eigenvalue weighted by Gasteiger charge is 2.64. The van der Waals surface area contributed by atoms with Gasteiger partial charge >= 0.3 is 0 Å². The van der Waals surface area contributed by atoms with Crippen molar-refractivity contribution >= 4 is 0 Å². The van der Waals surface area contributed by atoms with Gasteiger partial charge in [-0.2, -0.15) is 0 Å². The van der Waals surface area contributed by atoms with E-state index in [2.05, 4.69) is 48.5 Å². The first kappa shape index (κ1) is 25.5. The van der Waals surface area contributed by atoms with Gasteiger partial charge in [-0.15, -0.1) is 10.3 Å². The highest BCUT2D eigenvalue weighted by atomic mass is 16.6. The van der Waals surface area contributed by atoms with Crippen molar-refractivity contribution in [2.45, 2.75) is 137 Å². The third-order valence-corrected chi connectivity index (χ3v) is 12.5. The van der Waals surface area contributed by atoms with E-state index >= 15 is 0 Å². The van der Waals surface area contributed by atoms with Crippen LogP contribution in [0.2, 0.25) is 0 Å². The van der Waals surface area contributed by atoms with Gasteiger partial charge in [0.15, 0.2) is 0 Å². The summed E-state index contributed by atoms with van der Waals surface area (Å²) in [7, 11) is 0. The second-order valence-corrected chi connectivity index (χ2v) is 15.2. The molecule has 0 aromatic carbocycles. The summed E-state index contributed by atoms with van der Waals surface area (Å²) >= 11 is 0. The first-order valence-corrected chi connectivity index (χ1v) is 15.0. The summed E-state index contributed by atoms with van der Waals surface area (Å²) in [6.07, 6.45) is 15.9. The Labute approximate surface area is 210 Å². The van der Waals surface area contributed by atoms with Gasteiger partial charge < -0.3 is 4.74 Å². The second kappa shape index (κ2) is 8.73. The molecule has 3 nitrogen and oxygen atoms in total. The van der Waals surface area contributed by atoms with Crippen LogP contribution in [0.15, 0.2) is 0 Å². The van der Waals surface area contributed by atoms with E-state index in [9.17, 15) is 5.21 Å². The van der Waals surface area contributed by atoms with E-state index in [4.69, 9.17) is 4.74 Å². The van der Waals surface area contributed by atoms with Crippen LogP contribution >= 0.6 is 0 Å². The van der Waals surface area contributed by atoms with Gasteiger partial charge in [0.1, 0.15) is 5.72 Å². The molecule has 34 heavy (non-hydrogen) atoms. The van der Waals surface area contributed by atoms with Gasteiger partial charge in [0.2, 0.25) is 0 Å². The van der Waals surface area contributed by atoms with Crippen molar-refractivity contribution in [1.82, 2.24) is 5.06 Å². The van der Waals surface area contributed by atoms with Crippen LogP contribution in [0, 0.1) is 52.3 Å². The van der Waals surface area contributed by atoms with Crippen LogP contribution in [0.3, 0.4) is 0 Å². The molecule has 1 spiro atoms. The fourth-order valence-corrected chi connectivity index (χ4v) is 10.5. The van der Waals surface area contributed by atoms with Crippen molar-refractivity contribution in [2.24, 2.45) is 52.3 Å². The molecule has 4 saturated carbocycles. The maximum absolute atomic E-state index is 13.3. The Bertz CT molecular complexity index is 750. The third-order valence-electron chi connectivity index (χ3n) is 12.5. The number of hydrogen-bond acceptors (Lipinski definition) is 2. The molecule has 0 aromatic heterocycles. The smallest absolute Gasteiger partial charge is 0.148 e. The SMILES string of the molecule is CC(C)CCC[C@@H](C)[C@H]1CC[C@H]2[C@@H]3CC[C@H]4CC5(CC[C@]4(C)[C@H]3CC[C@]12C)OCC(C)(C)N5[O]. The topological polar surface area (TPSA) is 32.4 Å². The van der Waals surface area contributed by atoms with Crippen LogP contribution in [0.5, 0.6) is 0 Å². The number of ether oxygens (including phenoxy) is 1. The second-order valence-electron chi connectivity index (χ2n) is 15.2. The number of hydrogen-bond donors (Lipinski definition) is 0. The minimum Gasteiger partial charge on any atom is -0.356 e. The van der Waals surface area contributed by atoms with Gasteiger partial charge in [0.05, 0.1) is 12.1 Å². The Hall–Kier alpha value is -0.120. The van der Waals surface area contributed by atoms with Gasteiger partial charge in [-0.05, 0) is 124 Å². The standard InChI is InChI=1S/C31H54NO2/c1-21(2)9-8-10-22(3)25-13-14-26-24-12-11-23-19-31(32(33)28(4,5)20-34-31)18-17-29(23,6)27(24)15-16-30(25,26)7/h21-27H,8-20H2,1-7H3/t22-,23+,24+,25-,26+,27+,29+,30-,31?/m1/s1. The minimum atomic E-state index is -0.534. The van der Waals surface area contributed by atoms with Crippen LogP contribution in [0.4, 0.5) is 0 Å². The zero-order valence-corrected chi connectivity index (χ0v) is 23.5. The molecule has 195 valence electrons. The summed E-state index contributed by atoms with van der Waals surface area (Å²) in [6.45, 7) is 17.4. The molecule has 0 aromatic rings. The molecule has 1 radical (unpaired) electrons. The maximum Gasteiger partial charge on any atom is 0.148 e. The van der Waals surface area contributed by atoms with Crippen molar-refractivity contribution in [1.29, 1.82) is 0 Å². The zero-order valence-electron chi connectivity index (χ0n) is 23.5. The lowest BCUT2D eigenvalue weighted by Gasteiger charge is -2.62. The van der Waals surface area contributed by atoms with E-state index in [0.717, 1.165) is 48.3 Å². The predicted molar refractivity (Wildman–Crippen MR) is 138 cm³/mol. The van der Waals surface area contributed by atoms with Gasteiger partial charge in [-0.1, -0.05) is 53.9 Å². The van der Waals surface area contributed by atoms with Gasteiger partial charge in [-0.3, -0.25) is 0 Å². The molecule has 1 aliphatic heterocycles. The Balaban J connectivity index is 1.29. The molecule has 9 atom stereocenters. The molecule has 0 bridgehead atoms. The lowest BCUT2D eigenvalue weighted by Crippen LogP contribution is -2.59. The molecule has 4 aliphatic carbocycles. The van der Waals surface area contributed by atoms with Crippen molar-refractivity contribution in [3.8, 4) is 0 Å². The van der Waals surface area contributed by atoms with E-state index in [1.165, 1.54) is 69.3 Å². The Morgan fingerprint density at radius 2 is 1.59 bits per heavy atom. The highest BCUT2D eigenvalue weighted by Crippen LogP contribution is 2.69. The van der Waals surface area contributed by atoms with E-state index in [1.807, 2.05) is 0 Å². The molecule has 1 heterocycles. The Kier molecular flexibility index (Phi) is 6.55. The van der Waals surface area contributed by atoms with Crippen molar-refractivity contribution < 1.29 is 9.94 Å². The number of hydroxylamine groups is 2. The normalized spacial score (nSPS) is 49.1. The van der Waals surface area contributed by atoms with Gasteiger partial charge in [0.25, 0.3) is 0 Å². The summed E-state index contributed by atoms with van der Waals surface area (Å²) in [6, 6.07) is 0. The molecule has 5 aliphatic rings. The molecule has 1 unspecified atom stereocenters. The number of nitrogens with zero attached hydrogens (tertiary/aromatic N) is 1. The van der Waals surface area contributed by atoms with Crippen LogP contribution in [-0.4, -0.2) is 22.9 Å². The van der Waals surface area contributed by atoms with Crippen LogP contribution < -0.4 is 0 Å². The molecular weight excluding hydrogens is 418 g/mol. The lowest BCUT2D eigenvalue weighted by atomic mass is 9.44. The molecule has 1 saturated heterocycles. The molecule has 0 N–H and O–H groups in total. The molecule has 5 rings (SSSR count). The van der Waals surface area contributed by atoms with E-state index in [1.54, 1.807) is 0 Å². The van der Waals surface area contributed by atoms with E-state index in [-0.39, 0.29) is 5.54 Å². The summed E-state index contributed by atoms with van der Waals surface area (Å²) in [5.74, 6) is 6.05. The molecule has 0 amide bonds. The minimum absolute atomic E-state index is 0.373. The summed E-state index contributed by atoms with van der Waals surface area (Å²) in [5.41, 5.74) is 0.0746. The first-order chi connectivity index (χ1) is 15.9. The number of rotatable bonds is 5. The summed E-state index contributed by atoms with van der Waals surface area (Å²) < 4.78 is 6.33. The van der Waals surface area contributed by atoms with Crippen molar-refractivity contribution in [2.75, 3.05) is 6.61 Å². The van der Waals surface area contributed by atoms with Gasteiger partial charge in [-0.25, -0.2) is 0 Å². The Morgan fingerprint density at radius 3 is 2.26 bits per heavy atom. The van der Waals surface area contributed by atoms with Crippen LogP contribution in [0.1, 0.15) is 126 Å². The average Bonchev–Trinajstić information content (AvgIpc) is 3.24. The zero-order chi connectivity index (χ0) is 24.5. The predicted octanol–water partition coefficient (Wildman–Crippen LogP) is 8.26. The molecular formula is C31H54NO2. The fraction of sp³-hybridized carbons (Fsp3) is 1.00. The number of fused-ring (bicyclic) bond motifs is 5. The van der Waals surface area contributed by atoms with Gasteiger partial charge in [0, 0.05) is 0 Å². The van der Waals surface area contributed by atoms with Crippen molar-refractivity contribution in [3.63, 3.8) is 0 Å². The molecule has 3 heteroatoms. The van der Waals surface area contributed by atoms with Crippen LogP contribution in [0.25, 0.3) is 0 Å². The monoisotopic (exact) mass is 472 g/mol. The van der Waals surface area contributed by atoms with Crippen LogP contribution in [-0.2, 0) is 9.94 Å². The largest absolute Gasteiger partial charge is 0.356 e. The summed E-state index contributed by atoms with van der Waals surface area (Å²) in [4.78, 5) is 0. The molecule has 5 fully saturated rings. The van der Waals surface area contributed by atoms with E-state index < -0.39 is 5.72 Å². The lowest BCUT2D eigenvalue weighted by molar-refractivity contribution is -0.315. The Morgan fingerprint density at radius 1 is 0.853 bits per heavy atom. The fourth-order valence-electron chi connectivity index (χ4n) is 10.5. The maximum atomic E-state index is 13.3. The third kappa shape index (κ3) is 3.85. The highest BCUT2D eigenvalue weighted by molar-refractivity contribution is 5.12. The first-order valence-electron chi connectivity index (χ1n) is 15.0.